The molecule has 0 atom stereocenters. The molecule has 3 heteroatoms. The van der Waals surface area contributed by atoms with Crippen LogP contribution in [0.25, 0.3) is 0 Å². The summed E-state index contributed by atoms with van der Waals surface area (Å²) in [6.45, 7) is 6.22. The van der Waals surface area contributed by atoms with Crippen LogP contribution in [0.3, 0.4) is 0 Å². The van der Waals surface area contributed by atoms with E-state index >= 15 is 0 Å². The van der Waals surface area contributed by atoms with E-state index in [2.05, 4.69) is 61.6 Å². The highest BCUT2D eigenvalue weighted by Crippen LogP contribution is 2.30. The van der Waals surface area contributed by atoms with Gasteiger partial charge in [0.15, 0.2) is 0 Å². The molecule has 0 saturated heterocycles. The van der Waals surface area contributed by atoms with Crippen LogP contribution in [0, 0.1) is 6.92 Å². The monoisotopic (exact) mass is 319 g/mol. The largest absolute Gasteiger partial charge is 0.313 e. The van der Waals surface area contributed by atoms with E-state index in [1.165, 1.54) is 16.7 Å². The smallest absolute Gasteiger partial charge is 0.0545 e. The first-order valence-corrected chi connectivity index (χ1v) is 8.73. The average Bonchev–Trinajstić information content (AvgIpc) is 2.47. The predicted octanol–water partition coefficient (Wildman–Crippen LogP) is 5.44. The molecular weight excluding hydrogens is 298 g/mol. The van der Waals surface area contributed by atoms with Gasteiger partial charge in [0.25, 0.3) is 0 Å². The van der Waals surface area contributed by atoms with E-state index in [0.29, 0.717) is 0 Å². The van der Waals surface area contributed by atoms with E-state index < -0.39 is 0 Å². The fourth-order valence-corrected chi connectivity index (χ4v) is 3.37. The molecule has 0 unspecified atom stereocenters. The first-order chi connectivity index (χ1) is 10.2. The van der Waals surface area contributed by atoms with Crippen LogP contribution in [-0.4, -0.2) is 6.54 Å². The van der Waals surface area contributed by atoms with Crippen molar-refractivity contribution in [3.8, 4) is 0 Å². The summed E-state index contributed by atoms with van der Waals surface area (Å²) in [5.74, 6) is 0.953. The van der Waals surface area contributed by atoms with Crippen LogP contribution in [-0.2, 0) is 12.3 Å². The quantitative estimate of drug-likeness (QED) is 0.538. The second-order valence-electron chi connectivity index (χ2n) is 5.22. The zero-order valence-corrected chi connectivity index (χ0v) is 14.2. The van der Waals surface area contributed by atoms with Gasteiger partial charge in [-0.05, 0) is 43.1 Å². The van der Waals surface area contributed by atoms with Gasteiger partial charge in [-0.1, -0.05) is 54.4 Å². The van der Waals surface area contributed by atoms with E-state index in [9.17, 15) is 0 Å². The molecule has 0 spiro atoms. The number of hydrogen-bond acceptors (Lipinski definition) is 2. The van der Waals surface area contributed by atoms with Crippen LogP contribution in [0.1, 0.15) is 30.0 Å². The fourth-order valence-electron chi connectivity index (χ4n) is 2.14. The molecule has 0 amide bonds. The number of aryl methyl sites for hydroxylation is 1. The van der Waals surface area contributed by atoms with E-state index in [1.54, 1.807) is 11.8 Å². The SMILES string of the molecule is CCCNCc1ccc(SCc2cccc(C)c2)c(Cl)c1. The third kappa shape index (κ3) is 5.39. The summed E-state index contributed by atoms with van der Waals surface area (Å²) in [5, 5.41) is 4.25. The Labute approximate surface area is 137 Å². The van der Waals surface area contributed by atoms with Gasteiger partial charge in [0.05, 0.1) is 5.02 Å². The van der Waals surface area contributed by atoms with Gasteiger partial charge >= 0.3 is 0 Å². The number of rotatable bonds is 7. The van der Waals surface area contributed by atoms with Gasteiger partial charge in [-0.2, -0.15) is 0 Å². The lowest BCUT2D eigenvalue weighted by molar-refractivity contribution is 0.675. The van der Waals surface area contributed by atoms with Crippen molar-refractivity contribution in [2.24, 2.45) is 0 Å². The van der Waals surface area contributed by atoms with Crippen molar-refractivity contribution >= 4 is 23.4 Å². The minimum Gasteiger partial charge on any atom is -0.313 e. The number of thioether (sulfide) groups is 1. The van der Waals surface area contributed by atoms with E-state index in [4.69, 9.17) is 11.6 Å². The van der Waals surface area contributed by atoms with Crippen LogP contribution in [0.4, 0.5) is 0 Å². The Morgan fingerprint density at radius 3 is 2.67 bits per heavy atom. The predicted molar refractivity (Wildman–Crippen MR) is 94.2 cm³/mol. The molecule has 0 saturated carbocycles. The van der Waals surface area contributed by atoms with Crippen molar-refractivity contribution in [2.45, 2.75) is 37.5 Å². The summed E-state index contributed by atoms with van der Waals surface area (Å²) >= 11 is 8.18. The summed E-state index contributed by atoms with van der Waals surface area (Å²) in [4.78, 5) is 1.15. The number of benzene rings is 2. The van der Waals surface area contributed by atoms with Gasteiger partial charge in [-0.25, -0.2) is 0 Å². The first kappa shape index (κ1) is 16.4. The highest BCUT2D eigenvalue weighted by molar-refractivity contribution is 7.98. The molecule has 112 valence electrons. The maximum Gasteiger partial charge on any atom is 0.0545 e. The molecule has 1 N–H and O–H groups in total. The lowest BCUT2D eigenvalue weighted by atomic mass is 10.2. The fraction of sp³-hybridized carbons (Fsp3) is 0.333. The molecule has 0 bridgehead atoms. The third-order valence-electron chi connectivity index (χ3n) is 3.23. The zero-order chi connectivity index (χ0) is 15.1. The molecule has 0 aliphatic heterocycles. The second-order valence-corrected chi connectivity index (χ2v) is 6.64. The van der Waals surface area contributed by atoms with Gasteiger partial charge in [0, 0.05) is 17.2 Å². The second kappa shape index (κ2) is 8.47. The average molecular weight is 320 g/mol. The highest BCUT2D eigenvalue weighted by atomic mass is 35.5. The van der Waals surface area contributed by atoms with Crippen LogP contribution in [0.2, 0.25) is 5.02 Å². The lowest BCUT2D eigenvalue weighted by Crippen LogP contribution is -2.13. The Morgan fingerprint density at radius 2 is 1.95 bits per heavy atom. The van der Waals surface area contributed by atoms with Crippen molar-refractivity contribution in [1.29, 1.82) is 0 Å². The summed E-state index contributed by atoms with van der Waals surface area (Å²) in [7, 11) is 0. The third-order valence-corrected chi connectivity index (χ3v) is 4.80. The molecule has 2 aromatic rings. The molecule has 2 aromatic carbocycles. The maximum absolute atomic E-state index is 6.39. The minimum atomic E-state index is 0.850. The Morgan fingerprint density at radius 1 is 1.10 bits per heavy atom. The normalized spacial score (nSPS) is 10.8. The summed E-state index contributed by atoms with van der Waals surface area (Å²) in [6.07, 6.45) is 1.15. The van der Waals surface area contributed by atoms with Crippen LogP contribution in [0.5, 0.6) is 0 Å². The van der Waals surface area contributed by atoms with Gasteiger partial charge in [-0.3, -0.25) is 0 Å². The van der Waals surface area contributed by atoms with Gasteiger partial charge in [-0.15, -0.1) is 11.8 Å². The molecule has 0 aliphatic carbocycles. The zero-order valence-electron chi connectivity index (χ0n) is 12.7. The summed E-state index contributed by atoms with van der Waals surface area (Å²) in [5.41, 5.74) is 3.88. The van der Waals surface area contributed by atoms with E-state index in [-0.39, 0.29) is 0 Å². The molecule has 0 heterocycles. The molecule has 0 radical (unpaired) electrons. The van der Waals surface area contributed by atoms with Crippen molar-refractivity contribution in [1.82, 2.24) is 5.32 Å². The van der Waals surface area contributed by atoms with Crippen molar-refractivity contribution in [2.75, 3.05) is 6.54 Å². The van der Waals surface area contributed by atoms with E-state index in [0.717, 1.165) is 35.2 Å². The number of hydrogen-bond donors (Lipinski definition) is 1. The lowest BCUT2D eigenvalue weighted by Gasteiger charge is -2.08. The van der Waals surface area contributed by atoms with Crippen LogP contribution < -0.4 is 5.32 Å². The molecule has 2 rings (SSSR count). The Bertz CT molecular complexity index is 583. The number of halogens is 1. The molecule has 0 aliphatic rings. The summed E-state index contributed by atoms with van der Waals surface area (Å²) < 4.78 is 0. The van der Waals surface area contributed by atoms with Crippen molar-refractivity contribution in [3.63, 3.8) is 0 Å². The Kier molecular flexibility index (Phi) is 6.62. The van der Waals surface area contributed by atoms with Crippen molar-refractivity contribution in [3.05, 3.63) is 64.2 Å². The summed E-state index contributed by atoms with van der Waals surface area (Å²) in [6, 6.07) is 15.0. The standard InChI is InChI=1S/C18H22ClNS/c1-3-9-20-12-15-7-8-18(17(19)11-15)21-13-16-6-4-5-14(2)10-16/h4-8,10-11,20H,3,9,12-13H2,1-2H3. The topological polar surface area (TPSA) is 12.0 Å². The highest BCUT2D eigenvalue weighted by Gasteiger charge is 2.04. The van der Waals surface area contributed by atoms with Crippen LogP contribution >= 0.6 is 23.4 Å². The molecule has 0 aromatic heterocycles. The van der Waals surface area contributed by atoms with Gasteiger partial charge < -0.3 is 5.32 Å². The molecular formula is C18H22ClNS. The van der Waals surface area contributed by atoms with Crippen LogP contribution in [0.15, 0.2) is 47.4 Å². The minimum absolute atomic E-state index is 0.850. The maximum atomic E-state index is 6.39. The molecule has 1 nitrogen and oxygen atoms in total. The molecule has 0 fully saturated rings. The van der Waals surface area contributed by atoms with Gasteiger partial charge in [0.2, 0.25) is 0 Å². The Balaban J connectivity index is 1.94. The van der Waals surface area contributed by atoms with Crippen molar-refractivity contribution < 1.29 is 0 Å². The van der Waals surface area contributed by atoms with Gasteiger partial charge in [0.1, 0.15) is 0 Å². The van der Waals surface area contributed by atoms with E-state index in [1.807, 2.05) is 0 Å². The number of nitrogens with one attached hydrogen (secondary N) is 1. The molecule has 21 heavy (non-hydrogen) atoms. The first-order valence-electron chi connectivity index (χ1n) is 7.36. The Hall–Kier alpha value is -0.960.